The minimum Gasteiger partial charge on any atom is -0.454 e. The molecule has 1 atom stereocenters. The molecule has 0 spiro atoms. The first-order chi connectivity index (χ1) is 12.7. The van der Waals surface area contributed by atoms with Crippen LogP contribution in [0.25, 0.3) is 0 Å². The first-order valence-corrected chi connectivity index (χ1v) is 8.70. The van der Waals surface area contributed by atoms with Crippen LogP contribution >= 0.6 is 0 Å². The monoisotopic (exact) mass is 352 g/mol. The lowest BCUT2D eigenvalue weighted by Crippen LogP contribution is -2.44. The Balaban J connectivity index is 1.42. The Hall–Kier alpha value is -3.02. The number of nitrogens with zero attached hydrogens (tertiary/aromatic N) is 1. The molecule has 2 heterocycles. The first kappa shape index (κ1) is 16.4. The fourth-order valence-corrected chi connectivity index (χ4v) is 3.34. The van der Waals surface area contributed by atoms with Gasteiger partial charge >= 0.3 is 0 Å². The fourth-order valence-electron chi connectivity index (χ4n) is 3.34. The minimum atomic E-state index is -0.434. The molecule has 1 N–H and O–H groups in total. The SMILES string of the molecule is O=C(NCc1ccccc1)C1CCC(=O)N1Cc1ccc2c(c1)OCO2. The molecule has 1 fully saturated rings. The molecule has 2 aliphatic heterocycles. The summed E-state index contributed by atoms with van der Waals surface area (Å²) in [5.41, 5.74) is 1.96. The van der Waals surface area contributed by atoms with Crippen LogP contribution in [0.2, 0.25) is 0 Å². The van der Waals surface area contributed by atoms with Crippen LogP contribution in [-0.4, -0.2) is 29.5 Å². The summed E-state index contributed by atoms with van der Waals surface area (Å²) in [5.74, 6) is 1.28. The van der Waals surface area contributed by atoms with Gasteiger partial charge in [-0.3, -0.25) is 9.59 Å². The summed E-state index contributed by atoms with van der Waals surface area (Å²) >= 11 is 0. The molecule has 2 aliphatic rings. The molecule has 2 amide bonds. The van der Waals surface area contributed by atoms with Crippen molar-refractivity contribution in [2.45, 2.75) is 32.0 Å². The molecule has 26 heavy (non-hydrogen) atoms. The van der Waals surface area contributed by atoms with E-state index < -0.39 is 6.04 Å². The van der Waals surface area contributed by atoms with E-state index >= 15 is 0 Å². The van der Waals surface area contributed by atoms with E-state index in [1.54, 1.807) is 4.90 Å². The molecular weight excluding hydrogens is 332 g/mol. The number of benzene rings is 2. The maximum absolute atomic E-state index is 12.6. The van der Waals surface area contributed by atoms with Crippen LogP contribution in [0.4, 0.5) is 0 Å². The van der Waals surface area contributed by atoms with Gasteiger partial charge in [0.15, 0.2) is 11.5 Å². The van der Waals surface area contributed by atoms with Crippen molar-refractivity contribution in [2.75, 3.05) is 6.79 Å². The molecule has 1 unspecified atom stereocenters. The Morgan fingerprint density at radius 1 is 1.08 bits per heavy atom. The van der Waals surface area contributed by atoms with Crippen molar-refractivity contribution < 1.29 is 19.1 Å². The van der Waals surface area contributed by atoms with Crippen LogP contribution in [0.3, 0.4) is 0 Å². The third-order valence-corrected chi connectivity index (χ3v) is 4.73. The van der Waals surface area contributed by atoms with Crippen LogP contribution in [0.1, 0.15) is 24.0 Å². The molecule has 6 heteroatoms. The second kappa shape index (κ2) is 7.07. The molecule has 2 aromatic rings. The van der Waals surface area contributed by atoms with Crippen molar-refractivity contribution in [1.82, 2.24) is 10.2 Å². The van der Waals surface area contributed by atoms with Gasteiger partial charge in [-0.2, -0.15) is 0 Å². The second-order valence-corrected chi connectivity index (χ2v) is 6.47. The smallest absolute Gasteiger partial charge is 0.243 e. The van der Waals surface area contributed by atoms with Crippen molar-refractivity contribution >= 4 is 11.8 Å². The van der Waals surface area contributed by atoms with Crippen LogP contribution in [0.15, 0.2) is 48.5 Å². The summed E-state index contributed by atoms with van der Waals surface area (Å²) in [7, 11) is 0. The van der Waals surface area contributed by atoms with Gasteiger partial charge in [-0.1, -0.05) is 36.4 Å². The van der Waals surface area contributed by atoms with Crippen molar-refractivity contribution in [3.05, 3.63) is 59.7 Å². The topological polar surface area (TPSA) is 67.9 Å². The third-order valence-electron chi connectivity index (χ3n) is 4.73. The molecule has 2 aromatic carbocycles. The summed E-state index contributed by atoms with van der Waals surface area (Å²) in [4.78, 5) is 26.5. The van der Waals surface area contributed by atoms with Crippen molar-refractivity contribution in [3.8, 4) is 11.5 Å². The zero-order chi connectivity index (χ0) is 17.9. The average Bonchev–Trinajstić information content (AvgIpc) is 3.27. The van der Waals surface area contributed by atoms with E-state index in [4.69, 9.17) is 9.47 Å². The van der Waals surface area contributed by atoms with Gasteiger partial charge in [0, 0.05) is 19.5 Å². The molecular formula is C20H20N2O4. The highest BCUT2D eigenvalue weighted by atomic mass is 16.7. The van der Waals surface area contributed by atoms with Gasteiger partial charge < -0.3 is 19.7 Å². The average molecular weight is 352 g/mol. The maximum Gasteiger partial charge on any atom is 0.243 e. The number of hydrogen-bond donors (Lipinski definition) is 1. The summed E-state index contributed by atoms with van der Waals surface area (Å²) < 4.78 is 10.7. The van der Waals surface area contributed by atoms with Crippen molar-refractivity contribution in [2.24, 2.45) is 0 Å². The highest BCUT2D eigenvalue weighted by molar-refractivity contribution is 5.90. The number of carbonyl (C=O) groups is 2. The lowest BCUT2D eigenvalue weighted by atomic mass is 10.1. The van der Waals surface area contributed by atoms with Gasteiger partial charge in [-0.15, -0.1) is 0 Å². The fraction of sp³-hybridized carbons (Fsp3) is 0.300. The van der Waals surface area contributed by atoms with Crippen molar-refractivity contribution in [3.63, 3.8) is 0 Å². The number of amides is 2. The second-order valence-electron chi connectivity index (χ2n) is 6.47. The predicted molar refractivity (Wildman–Crippen MR) is 94.4 cm³/mol. The zero-order valence-corrected chi connectivity index (χ0v) is 14.3. The number of fused-ring (bicyclic) bond motifs is 1. The van der Waals surface area contributed by atoms with Crippen LogP contribution in [0, 0.1) is 0 Å². The largest absolute Gasteiger partial charge is 0.454 e. The Bertz CT molecular complexity index is 822. The van der Waals surface area contributed by atoms with Gasteiger partial charge in [-0.25, -0.2) is 0 Å². The number of nitrogens with one attached hydrogen (secondary N) is 1. The number of likely N-dealkylation sites (tertiary alicyclic amines) is 1. The van der Waals surface area contributed by atoms with E-state index in [9.17, 15) is 9.59 Å². The molecule has 134 valence electrons. The highest BCUT2D eigenvalue weighted by Crippen LogP contribution is 2.33. The number of ether oxygens (including phenoxy) is 2. The Morgan fingerprint density at radius 3 is 2.73 bits per heavy atom. The molecule has 0 radical (unpaired) electrons. The van der Waals surface area contributed by atoms with Gasteiger partial charge in [0.2, 0.25) is 18.6 Å². The summed E-state index contributed by atoms with van der Waals surface area (Å²) in [6.07, 6.45) is 0.942. The Labute approximate surface area is 151 Å². The van der Waals surface area contributed by atoms with Gasteiger partial charge in [0.25, 0.3) is 0 Å². The first-order valence-electron chi connectivity index (χ1n) is 8.70. The van der Waals surface area contributed by atoms with Crippen LogP contribution in [-0.2, 0) is 22.7 Å². The molecule has 0 bridgehead atoms. The van der Waals surface area contributed by atoms with Gasteiger partial charge in [-0.05, 0) is 29.7 Å². The van der Waals surface area contributed by atoms with E-state index in [0.29, 0.717) is 37.4 Å². The molecule has 4 rings (SSSR count). The molecule has 0 aromatic heterocycles. The van der Waals surface area contributed by atoms with Crippen molar-refractivity contribution in [1.29, 1.82) is 0 Å². The highest BCUT2D eigenvalue weighted by Gasteiger charge is 2.36. The van der Waals surface area contributed by atoms with E-state index in [-0.39, 0.29) is 18.6 Å². The molecule has 0 saturated carbocycles. The van der Waals surface area contributed by atoms with Crippen LogP contribution in [0.5, 0.6) is 11.5 Å². The summed E-state index contributed by atoms with van der Waals surface area (Å²) in [5, 5.41) is 2.94. The molecule has 6 nitrogen and oxygen atoms in total. The summed E-state index contributed by atoms with van der Waals surface area (Å²) in [6, 6.07) is 14.9. The van der Waals surface area contributed by atoms with Gasteiger partial charge in [0.1, 0.15) is 6.04 Å². The molecule has 0 aliphatic carbocycles. The van der Waals surface area contributed by atoms with E-state index in [1.165, 1.54) is 0 Å². The van der Waals surface area contributed by atoms with Crippen LogP contribution < -0.4 is 14.8 Å². The zero-order valence-electron chi connectivity index (χ0n) is 14.3. The Morgan fingerprint density at radius 2 is 1.88 bits per heavy atom. The maximum atomic E-state index is 12.6. The minimum absolute atomic E-state index is 0.00234. The predicted octanol–water partition coefficient (Wildman–Crippen LogP) is 2.22. The number of rotatable bonds is 5. The quantitative estimate of drug-likeness (QED) is 0.896. The lowest BCUT2D eigenvalue weighted by Gasteiger charge is -2.24. The van der Waals surface area contributed by atoms with E-state index in [0.717, 1.165) is 11.1 Å². The van der Waals surface area contributed by atoms with E-state index in [1.807, 2.05) is 48.5 Å². The standard InChI is InChI=1S/C20H20N2O4/c23-19-9-7-16(20(24)21-11-14-4-2-1-3-5-14)22(19)12-15-6-8-17-18(10-15)26-13-25-17/h1-6,8,10,16H,7,9,11-13H2,(H,21,24). The normalized spacial score (nSPS) is 18.2. The van der Waals surface area contributed by atoms with Gasteiger partial charge in [0.05, 0.1) is 0 Å². The number of carbonyl (C=O) groups excluding carboxylic acids is 2. The lowest BCUT2D eigenvalue weighted by molar-refractivity contribution is -0.135. The third kappa shape index (κ3) is 3.35. The molecule has 1 saturated heterocycles. The van der Waals surface area contributed by atoms with E-state index in [2.05, 4.69) is 5.32 Å². The Kier molecular flexibility index (Phi) is 4.48. The number of hydrogen-bond acceptors (Lipinski definition) is 4. The summed E-state index contributed by atoms with van der Waals surface area (Å²) in [6.45, 7) is 1.06.